The number of carbonyl (C=O) groups is 3. The quantitative estimate of drug-likeness (QED) is 0.593. The van der Waals surface area contributed by atoms with E-state index in [1.165, 1.54) is 0 Å². The number of nitrogens with zero attached hydrogens (tertiary/aromatic N) is 1. The number of piperidine rings is 1. The highest BCUT2D eigenvalue weighted by Gasteiger charge is 2.34. The van der Waals surface area contributed by atoms with Crippen molar-refractivity contribution in [3.8, 4) is 5.75 Å². The van der Waals surface area contributed by atoms with Gasteiger partial charge in [-0.2, -0.15) is 0 Å². The summed E-state index contributed by atoms with van der Waals surface area (Å²) in [4.78, 5) is 40.8. The molecule has 0 aliphatic carbocycles. The molecule has 0 aromatic heterocycles. The van der Waals surface area contributed by atoms with Crippen molar-refractivity contribution in [3.05, 3.63) is 64.7 Å². The Hall–Kier alpha value is -3.06. The van der Waals surface area contributed by atoms with Crippen LogP contribution in [0.25, 0.3) is 0 Å². The molecule has 34 heavy (non-hydrogen) atoms. The summed E-state index contributed by atoms with van der Waals surface area (Å²) in [6.45, 7) is 4.93. The minimum absolute atomic E-state index is 0.0102. The minimum atomic E-state index is -0.712. The van der Waals surface area contributed by atoms with Gasteiger partial charge in [0, 0.05) is 24.7 Å². The molecule has 3 amide bonds. The molecule has 1 saturated heterocycles. The number of carbonyl (C=O) groups excluding carboxylic acids is 3. The average molecular weight is 486 g/mol. The topological polar surface area (TPSA) is 87.7 Å². The van der Waals surface area contributed by atoms with Gasteiger partial charge in [0.05, 0.1) is 17.7 Å². The van der Waals surface area contributed by atoms with Gasteiger partial charge in [0.2, 0.25) is 5.91 Å². The van der Waals surface area contributed by atoms with E-state index in [1.54, 1.807) is 60.5 Å². The Morgan fingerprint density at radius 1 is 1.06 bits per heavy atom. The van der Waals surface area contributed by atoms with E-state index in [9.17, 15) is 14.4 Å². The summed E-state index contributed by atoms with van der Waals surface area (Å²) in [5, 5.41) is 6.23. The number of methoxy groups -OCH3 is 1. The molecule has 1 aliphatic heterocycles. The van der Waals surface area contributed by atoms with Crippen molar-refractivity contribution in [2.45, 2.75) is 45.2 Å². The Morgan fingerprint density at radius 2 is 1.71 bits per heavy atom. The van der Waals surface area contributed by atoms with Crippen molar-refractivity contribution in [1.29, 1.82) is 0 Å². The Balaban J connectivity index is 1.70. The maximum Gasteiger partial charge on any atom is 0.253 e. The van der Waals surface area contributed by atoms with Crippen molar-refractivity contribution in [3.63, 3.8) is 0 Å². The lowest BCUT2D eigenvalue weighted by molar-refractivity contribution is -0.125. The molecule has 7 nitrogen and oxygen atoms in total. The zero-order valence-electron chi connectivity index (χ0n) is 19.8. The molecule has 0 spiro atoms. The molecule has 3 rings (SSSR count). The van der Waals surface area contributed by atoms with E-state index in [1.807, 2.05) is 13.8 Å². The Labute approximate surface area is 205 Å². The molecule has 8 heteroatoms. The molecule has 1 fully saturated rings. The average Bonchev–Trinajstić information content (AvgIpc) is 2.87. The van der Waals surface area contributed by atoms with Gasteiger partial charge in [-0.25, -0.2) is 0 Å². The Kier molecular flexibility index (Phi) is 8.93. The predicted molar refractivity (Wildman–Crippen MR) is 132 cm³/mol. The second kappa shape index (κ2) is 11.9. The van der Waals surface area contributed by atoms with E-state index in [-0.39, 0.29) is 29.7 Å². The molecular formula is C26H32ClN3O4. The van der Waals surface area contributed by atoms with Gasteiger partial charge < -0.3 is 20.3 Å². The summed E-state index contributed by atoms with van der Waals surface area (Å²) >= 11 is 6.19. The van der Waals surface area contributed by atoms with Gasteiger partial charge in [0.1, 0.15) is 11.8 Å². The third kappa shape index (κ3) is 6.29. The lowest BCUT2D eigenvalue weighted by Crippen LogP contribution is -2.55. The third-order valence-corrected chi connectivity index (χ3v) is 6.65. The molecular weight excluding hydrogens is 454 g/mol. The van der Waals surface area contributed by atoms with Crippen LogP contribution in [0.1, 0.15) is 53.8 Å². The number of benzene rings is 2. The van der Waals surface area contributed by atoms with Crippen molar-refractivity contribution in [1.82, 2.24) is 15.5 Å². The first-order chi connectivity index (χ1) is 16.3. The fourth-order valence-electron chi connectivity index (χ4n) is 4.05. The first-order valence-corrected chi connectivity index (χ1v) is 12.0. The lowest BCUT2D eigenvalue weighted by Gasteiger charge is -2.36. The normalized spacial score (nSPS) is 15.8. The summed E-state index contributed by atoms with van der Waals surface area (Å²) in [6, 6.07) is 13.1. The van der Waals surface area contributed by atoms with Gasteiger partial charge in [0.25, 0.3) is 11.8 Å². The van der Waals surface area contributed by atoms with Gasteiger partial charge in [-0.1, -0.05) is 30.7 Å². The highest BCUT2D eigenvalue weighted by molar-refractivity contribution is 6.33. The maximum atomic E-state index is 13.1. The summed E-state index contributed by atoms with van der Waals surface area (Å²) in [6.07, 6.45) is 1.98. The zero-order chi connectivity index (χ0) is 24.7. The number of nitrogens with one attached hydrogen (secondary N) is 2. The molecule has 182 valence electrons. The van der Waals surface area contributed by atoms with Crippen molar-refractivity contribution in [2.75, 3.05) is 20.2 Å². The van der Waals surface area contributed by atoms with Crippen LogP contribution in [0, 0.1) is 5.92 Å². The number of halogens is 1. The fourth-order valence-corrected chi connectivity index (χ4v) is 4.27. The van der Waals surface area contributed by atoms with Gasteiger partial charge in [0.15, 0.2) is 0 Å². The fraction of sp³-hybridized carbons (Fsp3) is 0.423. The largest absolute Gasteiger partial charge is 0.497 e. The first-order valence-electron chi connectivity index (χ1n) is 11.6. The molecule has 0 bridgehead atoms. The third-order valence-electron chi connectivity index (χ3n) is 6.32. The molecule has 2 N–H and O–H groups in total. The van der Waals surface area contributed by atoms with E-state index in [4.69, 9.17) is 16.3 Å². The number of hydrogen-bond donors (Lipinski definition) is 2. The molecule has 2 atom stereocenters. The van der Waals surface area contributed by atoms with Crippen molar-refractivity contribution in [2.24, 2.45) is 5.92 Å². The SMILES string of the molecule is CC[C@@H](C)NC(=O)[C@H](NC(=O)c1ccccc1Cl)C1CCN(C(=O)c2ccc(OC)cc2)CC1. The standard InChI is InChI=1S/C26H32ClN3O4/c1-4-17(2)28-25(32)23(29-24(31)21-7-5-6-8-22(21)27)18-13-15-30(16-14-18)26(33)19-9-11-20(34-3)12-10-19/h5-12,17-18,23H,4,13-16H2,1-3H3,(H,28,32)(H,29,31)/t17-,23-/m1/s1. The molecule has 0 radical (unpaired) electrons. The molecule has 0 unspecified atom stereocenters. The van der Waals surface area contributed by atoms with Crippen LogP contribution < -0.4 is 15.4 Å². The predicted octanol–water partition coefficient (Wildman–Crippen LogP) is 3.91. The summed E-state index contributed by atoms with van der Waals surface area (Å²) in [7, 11) is 1.58. The van der Waals surface area contributed by atoms with Gasteiger partial charge in [-0.3, -0.25) is 14.4 Å². The minimum Gasteiger partial charge on any atom is -0.497 e. The number of likely N-dealkylation sites (tertiary alicyclic amines) is 1. The van der Waals surface area contributed by atoms with Gasteiger partial charge in [-0.05, 0) is 68.5 Å². The highest BCUT2D eigenvalue weighted by Crippen LogP contribution is 2.24. The van der Waals surface area contributed by atoms with Crippen LogP contribution in [0.4, 0.5) is 0 Å². The monoisotopic (exact) mass is 485 g/mol. The lowest BCUT2D eigenvalue weighted by atomic mass is 9.88. The second-order valence-electron chi connectivity index (χ2n) is 8.61. The van der Waals surface area contributed by atoms with E-state index in [0.717, 1.165) is 6.42 Å². The zero-order valence-corrected chi connectivity index (χ0v) is 20.6. The number of ether oxygens (including phenoxy) is 1. The van der Waals surface area contributed by atoms with Crippen LogP contribution in [0.2, 0.25) is 5.02 Å². The van der Waals surface area contributed by atoms with Gasteiger partial charge in [-0.15, -0.1) is 0 Å². The van der Waals surface area contributed by atoms with Crippen LogP contribution in [0.5, 0.6) is 5.75 Å². The Morgan fingerprint density at radius 3 is 2.29 bits per heavy atom. The number of amides is 3. The first kappa shape index (κ1) is 25.6. The molecule has 1 heterocycles. The highest BCUT2D eigenvalue weighted by atomic mass is 35.5. The summed E-state index contributed by atoms with van der Waals surface area (Å²) in [5.41, 5.74) is 0.926. The second-order valence-corrected chi connectivity index (χ2v) is 9.01. The number of hydrogen-bond acceptors (Lipinski definition) is 4. The summed E-state index contributed by atoms with van der Waals surface area (Å²) in [5.74, 6) is -0.0572. The van der Waals surface area contributed by atoms with E-state index < -0.39 is 6.04 Å². The van der Waals surface area contributed by atoms with E-state index in [0.29, 0.717) is 47.8 Å². The van der Waals surface area contributed by atoms with Crippen LogP contribution >= 0.6 is 11.6 Å². The van der Waals surface area contributed by atoms with E-state index >= 15 is 0 Å². The molecule has 2 aromatic carbocycles. The van der Waals surface area contributed by atoms with Crippen LogP contribution in [-0.4, -0.2) is 54.9 Å². The van der Waals surface area contributed by atoms with Crippen molar-refractivity contribution < 1.29 is 19.1 Å². The Bertz CT molecular complexity index is 1000. The van der Waals surface area contributed by atoms with Crippen LogP contribution in [-0.2, 0) is 4.79 Å². The number of rotatable bonds is 8. The molecule has 0 saturated carbocycles. The van der Waals surface area contributed by atoms with Gasteiger partial charge >= 0.3 is 0 Å². The van der Waals surface area contributed by atoms with Crippen LogP contribution in [0.15, 0.2) is 48.5 Å². The smallest absolute Gasteiger partial charge is 0.253 e. The maximum absolute atomic E-state index is 13.1. The van der Waals surface area contributed by atoms with Crippen molar-refractivity contribution >= 4 is 29.3 Å². The molecule has 1 aliphatic rings. The molecule has 2 aromatic rings. The van der Waals surface area contributed by atoms with Crippen LogP contribution in [0.3, 0.4) is 0 Å². The van der Waals surface area contributed by atoms with E-state index in [2.05, 4.69) is 10.6 Å². The summed E-state index contributed by atoms with van der Waals surface area (Å²) < 4.78 is 5.16.